The van der Waals surface area contributed by atoms with Gasteiger partial charge in [-0.15, -0.1) is 0 Å². The highest BCUT2D eigenvalue weighted by atomic mass is 16.5. The molecule has 1 aliphatic rings. The number of carbonyl (C=O) groups excluding carboxylic acids is 1. The van der Waals surface area contributed by atoms with Crippen molar-refractivity contribution in [3.8, 4) is 5.75 Å². The Morgan fingerprint density at radius 1 is 1.39 bits per heavy atom. The second kappa shape index (κ2) is 4.16. The fraction of sp³-hybridized carbons (Fsp3) is 0.400. The van der Waals surface area contributed by atoms with Crippen molar-refractivity contribution in [3.05, 3.63) is 30.0 Å². The van der Waals surface area contributed by atoms with E-state index in [4.69, 9.17) is 4.74 Å². The Bertz CT molecular complexity index is 594. The summed E-state index contributed by atoms with van der Waals surface area (Å²) in [5.74, 6) is 1.28. The summed E-state index contributed by atoms with van der Waals surface area (Å²) >= 11 is 0. The molecule has 1 fully saturated rings. The number of aromatic amines is 1. The molecule has 0 bridgehead atoms. The number of aromatic nitrogens is 1. The molecule has 2 aromatic rings. The van der Waals surface area contributed by atoms with E-state index >= 15 is 0 Å². The third kappa shape index (κ3) is 1.90. The predicted octanol–water partition coefficient (Wildman–Crippen LogP) is 3.55. The van der Waals surface area contributed by atoms with Gasteiger partial charge in [0.25, 0.3) is 0 Å². The van der Waals surface area contributed by atoms with Crippen molar-refractivity contribution in [1.29, 1.82) is 0 Å². The summed E-state index contributed by atoms with van der Waals surface area (Å²) in [6.45, 7) is 3.99. The molecule has 1 saturated carbocycles. The van der Waals surface area contributed by atoms with Gasteiger partial charge >= 0.3 is 0 Å². The van der Waals surface area contributed by atoms with Gasteiger partial charge < -0.3 is 9.72 Å². The first-order chi connectivity index (χ1) is 8.66. The topological polar surface area (TPSA) is 42.1 Å². The van der Waals surface area contributed by atoms with E-state index in [-0.39, 0.29) is 17.8 Å². The molecule has 0 saturated heterocycles. The molecule has 0 atom stereocenters. The fourth-order valence-electron chi connectivity index (χ4n) is 2.26. The second-order valence-electron chi connectivity index (χ2n) is 5.19. The molecular formula is C15H17NO2. The SMILES string of the molecule is CC(C)Oc1cccc2[nH]cc(C(=O)C3CC3)c12. The highest BCUT2D eigenvalue weighted by Crippen LogP contribution is 2.37. The van der Waals surface area contributed by atoms with E-state index in [9.17, 15) is 4.79 Å². The number of ether oxygens (including phenoxy) is 1. The lowest BCUT2D eigenvalue weighted by Crippen LogP contribution is -2.07. The van der Waals surface area contributed by atoms with Crippen LogP contribution >= 0.6 is 0 Å². The molecule has 18 heavy (non-hydrogen) atoms. The number of hydrogen-bond donors (Lipinski definition) is 1. The first kappa shape index (κ1) is 11.3. The van der Waals surface area contributed by atoms with Gasteiger partial charge in [-0.1, -0.05) is 6.07 Å². The number of carbonyl (C=O) groups is 1. The molecule has 0 unspecified atom stereocenters. The van der Waals surface area contributed by atoms with Crippen LogP contribution in [-0.2, 0) is 0 Å². The minimum absolute atomic E-state index is 0.106. The predicted molar refractivity (Wildman–Crippen MR) is 71.1 cm³/mol. The van der Waals surface area contributed by atoms with Gasteiger partial charge in [-0.2, -0.15) is 0 Å². The molecular weight excluding hydrogens is 226 g/mol. The van der Waals surface area contributed by atoms with Crippen LogP contribution in [-0.4, -0.2) is 16.9 Å². The van der Waals surface area contributed by atoms with Crippen LogP contribution in [0.5, 0.6) is 5.75 Å². The van der Waals surface area contributed by atoms with Crippen molar-refractivity contribution in [3.63, 3.8) is 0 Å². The highest BCUT2D eigenvalue weighted by molar-refractivity contribution is 6.11. The maximum atomic E-state index is 12.2. The Balaban J connectivity index is 2.11. The number of fused-ring (bicyclic) bond motifs is 1. The minimum Gasteiger partial charge on any atom is -0.490 e. The normalized spacial score (nSPS) is 15.3. The summed E-state index contributed by atoms with van der Waals surface area (Å²) in [7, 11) is 0. The molecule has 0 amide bonds. The van der Waals surface area contributed by atoms with Crippen LogP contribution in [0.25, 0.3) is 10.9 Å². The van der Waals surface area contributed by atoms with Gasteiger partial charge in [-0.05, 0) is 38.8 Å². The van der Waals surface area contributed by atoms with Crippen molar-refractivity contribution >= 4 is 16.7 Å². The molecule has 3 nitrogen and oxygen atoms in total. The van der Waals surface area contributed by atoms with Gasteiger partial charge in [-0.25, -0.2) is 0 Å². The van der Waals surface area contributed by atoms with Crippen molar-refractivity contribution in [2.75, 3.05) is 0 Å². The fourth-order valence-corrected chi connectivity index (χ4v) is 2.26. The van der Waals surface area contributed by atoms with Gasteiger partial charge in [0.15, 0.2) is 5.78 Å². The highest BCUT2D eigenvalue weighted by Gasteiger charge is 2.32. The lowest BCUT2D eigenvalue weighted by atomic mass is 10.1. The van der Waals surface area contributed by atoms with Gasteiger partial charge in [0.05, 0.1) is 11.5 Å². The molecule has 0 aliphatic heterocycles. The Hall–Kier alpha value is -1.77. The van der Waals surface area contributed by atoms with Crippen LogP contribution < -0.4 is 4.74 Å². The van der Waals surface area contributed by atoms with Gasteiger partial charge in [0.2, 0.25) is 0 Å². The minimum atomic E-state index is 0.106. The quantitative estimate of drug-likeness (QED) is 0.834. The molecule has 0 radical (unpaired) electrons. The van der Waals surface area contributed by atoms with Crippen molar-refractivity contribution in [2.24, 2.45) is 5.92 Å². The number of H-pyrrole nitrogens is 1. The summed E-state index contributed by atoms with van der Waals surface area (Å²) in [5, 5.41) is 0.933. The molecule has 1 aromatic carbocycles. The van der Waals surface area contributed by atoms with Crippen LogP contribution in [0.1, 0.15) is 37.0 Å². The maximum Gasteiger partial charge on any atom is 0.168 e. The van der Waals surface area contributed by atoms with Crippen molar-refractivity contribution in [2.45, 2.75) is 32.8 Å². The summed E-state index contributed by atoms with van der Waals surface area (Å²) in [4.78, 5) is 15.4. The first-order valence-electron chi connectivity index (χ1n) is 6.48. The Morgan fingerprint density at radius 2 is 2.17 bits per heavy atom. The average molecular weight is 243 g/mol. The molecule has 1 aliphatic carbocycles. The number of ketones is 1. The monoisotopic (exact) mass is 243 g/mol. The zero-order chi connectivity index (χ0) is 12.7. The van der Waals surface area contributed by atoms with E-state index in [1.54, 1.807) is 0 Å². The number of rotatable bonds is 4. The molecule has 94 valence electrons. The van der Waals surface area contributed by atoms with Crippen LogP contribution in [0, 0.1) is 5.92 Å². The number of Topliss-reactive ketones (excluding diaryl/α,β-unsaturated/α-hetero) is 1. The Morgan fingerprint density at radius 3 is 2.83 bits per heavy atom. The van der Waals surface area contributed by atoms with E-state index in [0.717, 1.165) is 35.1 Å². The van der Waals surface area contributed by atoms with E-state index in [1.807, 2.05) is 38.2 Å². The van der Waals surface area contributed by atoms with Gasteiger partial charge in [-0.3, -0.25) is 4.79 Å². The summed E-state index contributed by atoms with van der Waals surface area (Å²) in [6.07, 6.45) is 3.98. The average Bonchev–Trinajstić information content (AvgIpc) is 3.08. The summed E-state index contributed by atoms with van der Waals surface area (Å²) in [5.41, 5.74) is 1.75. The van der Waals surface area contributed by atoms with Crippen molar-refractivity contribution < 1.29 is 9.53 Å². The first-order valence-corrected chi connectivity index (χ1v) is 6.48. The van der Waals surface area contributed by atoms with E-state index < -0.39 is 0 Å². The third-order valence-corrected chi connectivity index (χ3v) is 3.24. The lowest BCUT2D eigenvalue weighted by Gasteiger charge is -2.11. The van der Waals surface area contributed by atoms with E-state index in [1.165, 1.54) is 0 Å². The van der Waals surface area contributed by atoms with Crippen LogP contribution in [0.2, 0.25) is 0 Å². The van der Waals surface area contributed by atoms with Crippen LogP contribution in [0.15, 0.2) is 24.4 Å². The summed E-state index contributed by atoms with van der Waals surface area (Å²) < 4.78 is 5.80. The van der Waals surface area contributed by atoms with Gasteiger partial charge in [0.1, 0.15) is 5.75 Å². The molecule has 0 spiro atoms. The zero-order valence-corrected chi connectivity index (χ0v) is 10.7. The van der Waals surface area contributed by atoms with Crippen molar-refractivity contribution in [1.82, 2.24) is 4.98 Å². The van der Waals surface area contributed by atoms with Crippen LogP contribution in [0.4, 0.5) is 0 Å². The molecule has 1 aromatic heterocycles. The maximum absolute atomic E-state index is 12.2. The molecule has 3 rings (SSSR count). The Labute approximate surface area is 106 Å². The lowest BCUT2D eigenvalue weighted by molar-refractivity contribution is 0.0969. The number of hydrogen-bond acceptors (Lipinski definition) is 2. The van der Waals surface area contributed by atoms with E-state index in [2.05, 4.69) is 4.98 Å². The molecule has 1 N–H and O–H groups in total. The van der Waals surface area contributed by atoms with Crippen LogP contribution in [0.3, 0.4) is 0 Å². The number of nitrogens with one attached hydrogen (secondary N) is 1. The molecule has 1 heterocycles. The van der Waals surface area contributed by atoms with Gasteiger partial charge in [0, 0.05) is 23.2 Å². The summed E-state index contributed by atoms with van der Waals surface area (Å²) in [6, 6.07) is 5.86. The molecule has 3 heteroatoms. The smallest absolute Gasteiger partial charge is 0.168 e. The number of benzene rings is 1. The second-order valence-corrected chi connectivity index (χ2v) is 5.19. The largest absolute Gasteiger partial charge is 0.490 e. The standard InChI is InChI=1S/C15H17NO2/c1-9(2)18-13-5-3-4-12-14(13)11(8-16-12)15(17)10-6-7-10/h3-5,8-10,16H,6-7H2,1-2H3. The third-order valence-electron chi connectivity index (χ3n) is 3.24. The van der Waals surface area contributed by atoms with E-state index in [0.29, 0.717) is 0 Å². The zero-order valence-electron chi connectivity index (χ0n) is 10.7. The Kier molecular flexibility index (Phi) is 2.62.